The molecule has 2 aromatic heterocycles. The van der Waals surface area contributed by atoms with Crippen LogP contribution in [0, 0.1) is 5.82 Å². The Morgan fingerprint density at radius 2 is 1.92 bits per heavy atom. The summed E-state index contributed by atoms with van der Waals surface area (Å²) in [6.07, 6.45) is 0. The van der Waals surface area contributed by atoms with Crippen LogP contribution in [-0.2, 0) is 12.6 Å². The van der Waals surface area contributed by atoms with E-state index >= 15 is 0 Å². The molecule has 6 nitrogen and oxygen atoms in total. The molecular formula is C19H24FN5O. The highest BCUT2D eigenvalue weighted by Gasteiger charge is 2.24. The first-order valence-electron chi connectivity index (χ1n) is 8.61. The van der Waals surface area contributed by atoms with Crippen molar-refractivity contribution in [3.8, 4) is 0 Å². The van der Waals surface area contributed by atoms with Gasteiger partial charge >= 0.3 is 0 Å². The van der Waals surface area contributed by atoms with Gasteiger partial charge in [-0.05, 0) is 44.9 Å². The Hall–Kier alpha value is -2.70. The Kier molecular flexibility index (Phi) is 4.34. The molecule has 7 heteroatoms. The molecule has 0 aliphatic carbocycles. The van der Waals surface area contributed by atoms with Gasteiger partial charge in [0.15, 0.2) is 5.69 Å². The van der Waals surface area contributed by atoms with Crippen LogP contribution in [0.4, 0.5) is 10.3 Å². The van der Waals surface area contributed by atoms with Crippen molar-refractivity contribution < 1.29 is 9.18 Å². The molecule has 3 aromatic rings. The number of aryl methyl sites for hydroxylation is 1. The van der Waals surface area contributed by atoms with Crippen molar-refractivity contribution in [1.82, 2.24) is 19.3 Å². The molecule has 2 heterocycles. The molecule has 0 fully saturated rings. The summed E-state index contributed by atoms with van der Waals surface area (Å²) in [6.45, 7) is 10.3. The zero-order chi connectivity index (χ0) is 19.2. The SMILES string of the molecule is CC(C)c1cc(C(=O)Nc2nc3cc(F)ccc3n2C)nn1C(C)(C)C. The number of amides is 1. The number of nitrogens with one attached hydrogen (secondary N) is 1. The number of nitrogens with zero attached hydrogens (tertiary/aromatic N) is 4. The molecule has 0 bridgehead atoms. The second-order valence-corrected chi connectivity index (χ2v) is 7.77. The van der Waals surface area contributed by atoms with Crippen LogP contribution in [0.3, 0.4) is 0 Å². The number of anilines is 1. The molecule has 0 aliphatic heterocycles. The maximum absolute atomic E-state index is 13.4. The quantitative estimate of drug-likeness (QED) is 0.769. The van der Waals surface area contributed by atoms with E-state index in [0.717, 1.165) is 11.2 Å². The minimum absolute atomic E-state index is 0.229. The van der Waals surface area contributed by atoms with Crippen LogP contribution in [0.2, 0.25) is 0 Å². The van der Waals surface area contributed by atoms with E-state index in [9.17, 15) is 9.18 Å². The van der Waals surface area contributed by atoms with Crippen molar-refractivity contribution in [2.45, 2.75) is 46.1 Å². The topological polar surface area (TPSA) is 64.7 Å². The number of halogens is 1. The number of rotatable bonds is 3. The Morgan fingerprint density at radius 3 is 2.50 bits per heavy atom. The number of hydrogen-bond acceptors (Lipinski definition) is 3. The van der Waals surface area contributed by atoms with E-state index in [4.69, 9.17) is 0 Å². The largest absolute Gasteiger partial charge is 0.313 e. The van der Waals surface area contributed by atoms with Crippen molar-refractivity contribution in [2.75, 3.05) is 5.32 Å². The highest BCUT2D eigenvalue weighted by Crippen LogP contribution is 2.24. The predicted molar refractivity (Wildman–Crippen MR) is 99.9 cm³/mol. The second-order valence-electron chi connectivity index (χ2n) is 7.77. The van der Waals surface area contributed by atoms with Crippen LogP contribution in [0.1, 0.15) is 56.7 Å². The van der Waals surface area contributed by atoms with Crippen LogP contribution in [0.25, 0.3) is 11.0 Å². The van der Waals surface area contributed by atoms with Gasteiger partial charge in [0.05, 0.1) is 16.6 Å². The van der Waals surface area contributed by atoms with Gasteiger partial charge in [-0.1, -0.05) is 13.8 Å². The van der Waals surface area contributed by atoms with Gasteiger partial charge in [-0.15, -0.1) is 0 Å². The molecule has 26 heavy (non-hydrogen) atoms. The summed E-state index contributed by atoms with van der Waals surface area (Å²) in [5.41, 5.74) is 2.33. The third kappa shape index (κ3) is 3.21. The average Bonchev–Trinajstić information content (AvgIpc) is 3.10. The van der Waals surface area contributed by atoms with Gasteiger partial charge in [-0.2, -0.15) is 5.10 Å². The third-order valence-electron chi connectivity index (χ3n) is 4.26. The minimum Gasteiger partial charge on any atom is -0.313 e. The molecule has 0 atom stereocenters. The highest BCUT2D eigenvalue weighted by molar-refractivity contribution is 6.02. The molecule has 1 aromatic carbocycles. The van der Waals surface area contributed by atoms with Gasteiger partial charge in [0.1, 0.15) is 5.82 Å². The molecular weight excluding hydrogens is 333 g/mol. The molecule has 0 unspecified atom stereocenters. The highest BCUT2D eigenvalue weighted by atomic mass is 19.1. The summed E-state index contributed by atoms with van der Waals surface area (Å²) < 4.78 is 17.0. The Bertz CT molecular complexity index is 978. The first-order valence-corrected chi connectivity index (χ1v) is 8.61. The summed E-state index contributed by atoms with van der Waals surface area (Å²) in [5.74, 6) is -0.109. The molecule has 1 N–H and O–H groups in total. The summed E-state index contributed by atoms with van der Waals surface area (Å²) in [7, 11) is 1.77. The lowest BCUT2D eigenvalue weighted by molar-refractivity contribution is 0.101. The smallest absolute Gasteiger partial charge is 0.278 e. The lowest BCUT2D eigenvalue weighted by Crippen LogP contribution is -2.26. The van der Waals surface area contributed by atoms with Crippen LogP contribution in [-0.4, -0.2) is 25.2 Å². The molecule has 0 radical (unpaired) electrons. The number of imidazole rings is 1. The number of hydrogen-bond donors (Lipinski definition) is 1. The minimum atomic E-state index is -0.362. The number of benzene rings is 1. The summed E-state index contributed by atoms with van der Waals surface area (Å²) in [6, 6.07) is 6.16. The van der Waals surface area contributed by atoms with E-state index in [2.05, 4.69) is 29.2 Å². The Balaban J connectivity index is 1.95. The van der Waals surface area contributed by atoms with Crippen molar-refractivity contribution >= 4 is 22.9 Å². The van der Waals surface area contributed by atoms with Crippen LogP contribution >= 0.6 is 0 Å². The van der Waals surface area contributed by atoms with Crippen molar-refractivity contribution in [3.05, 3.63) is 41.5 Å². The van der Waals surface area contributed by atoms with Gasteiger partial charge in [-0.3, -0.25) is 14.8 Å². The third-order valence-corrected chi connectivity index (χ3v) is 4.26. The number of fused-ring (bicyclic) bond motifs is 1. The van der Waals surface area contributed by atoms with Gasteiger partial charge in [0.25, 0.3) is 5.91 Å². The van der Waals surface area contributed by atoms with Gasteiger partial charge < -0.3 is 4.57 Å². The summed E-state index contributed by atoms with van der Waals surface area (Å²) in [5, 5.41) is 7.29. The normalized spacial score (nSPS) is 12.2. The van der Waals surface area contributed by atoms with E-state index in [1.165, 1.54) is 12.1 Å². The monoisotopic (exact) mass is 357 g/mol. The zero-order valence-electron chi connectivity index (χ0n) is 16.0. The van der Waals surface area contributed by atoms with Gasteiger partial charge in [0.2, 0.25) is 5.95 Å². The van der Waals surface area contributed by atoms with E-state index in [0.29, 0.717) is 17.2 Å². The Morgan fingerprint density at radius 1 is 1.23 bits per heavy atom. The fourth-order valence-electron chi connectivity index (χ4n) is 2.91. The van der Waals surface area contributed by atoms with Crippen molar-refractivity contribution in [1.29, 1.82) is 0 Å². The average molecular weight is 357 g/mol. The Labute approximate surface area is 152 Å². The molecule has 0 saturated carbocycles. The standard InChI is InChI=1S/C19H24FN5O/c1-11(2)16-10-14(23-25(16)19(3,4)5)17(26)22-18-21-13-9-12(20)7-8-15(13)24(18)6/h7-11H,1-6H3,(H,21,22,26). The first-order chi connectivity index (χ1) is 12.1. The van der Waals surface area contributed by atoms with E-state index in [-0.39, 0.29) is 23.2 Å². The molecule has 0 saturated heterocycles. The molecule has 0 spiro atoms. The maximum atomic E-state index is 13.4. The molecule has 1 amide bonds. The van der Waals surface area contributed by atoms with Gasteiger partial charge in [-0.25, -0.2) is 9.37 Å². The fourth-order valence-corrected chi connectivity index (χ4v) is 2.91. The van der Waals surface area contributed by atoms with Crippen molar-refractivity contribution in [3.63, 3.8) is 0 Å². The maximum Gasteiger partial charge on any atom is 0.278 e. The summed E-state index contributed by atoms with van der Waals surface area (Å²) in [4.78, 5) is 17.0. The zero-order valence-corrected chi connectivity index (χ0v) is 16.0. The van der Waals surface area contributed by atoms with Crippen LogP contribution in [0.15, 0.2) is 24.3 Å². The van der Waals surface area contributed by atoms with E-state index < -0.39 is 0 Å². The molecule has 0 aliphatic rings. The molecule has 3 rings (SSSR count). The van der Waals surface area contributed by atoms with E-state index in [1.807, 2.05) is 31.5 Å². The lowest BCUT2D eigenvalue weighted by Gasteiger charge is -2.23. The number of carbonyl (C=O) groups excluding carboxylic acids is 1. The number of aromatic nitrogens is 4. The lowest BCUT2D eigenvalue weighted by atomic mass is 10.1. The molecule has 138 valence electrons. The first kappa shape index (κ1) is 18.1. The summed E-state index contributed by atoms with van der Waals surface area (Å²) >= 11 is 0. The van der Waals surface area contributed by atoms with Crippen LogP contribution < -0.4 is 5.32 Å². The number of carbonyl (C=O) groups is 1. The van der Waals surface area contributed by atoms with Crippen molar-refractivity contribution in [2.24, 2.45) is 7.05 Å². The van der Waals surface area contributed by atoms with Crippen LogP contribution in [0.5, 0.6) is 0 Å². The van der Waals surface area contributed by atoms with Gasteiger partial charge in [0, 0.05) is 18.8 Å². The van der Waals surface area contributed by atoms with E-state index in [1.54, 1.807) is 17.7 Å². The fraction of sp³-hybridized carbons (Fsp3) is 0.421. The predicted octanol–water partition coefficient (Wildman–Crippen LogP) is 4.04. The second kappa shape index (κ2) is 6.23.